The molecule has 1 rings (SSSR count). The van der Waals surface area contributed by atoms with Crippen LogP contribution in [-0.4, -0.2) is 24.3 Å². The molecule has 0 bridgehead atoms. The first kappa shape index (κ1) is 7.08. The molecular weight excluding hydrogens is 128 g/mol. The molecule has 0 N–H and O–H groups in total. The second-order valence-electron chi connectivity index (χ2n) is 1.94. The lowest BCUT2D eigenvalue weighted by molar-refractivity contribution is -0.0517. The maximum absolute atomic E-state index is 8.33. The Hall–Kier alpha value is -1.03. The fourth-order valence-corrected chi connectivity index (χ4v) is 0.559. The van der Waals surface area contributed by atoms with Crippen LogP contribution in [0.5, 0.6) is 0 Å². The van der Waals surface area contributed by atoms with Gasteiger partial charge < -0.3 is 0 Å². The van der Waals surface area contributed by atoms with E-state index in [9.17, 15) is 0 Å². The molecule has 0 radical (unpaired) electrons. The smallest absolute Gasteiger partial charge is 0.137 e. The molecule has 1 saturated heterocycles. The van der Waals surface area contributed by atoms with Gasteiger partial charge in [-0.05, 0) is 6.92 Å². The third kappa shape index (κ3) is 1.73. The minimum atomic E-state index is -0.0290. The highest BCUT2D eigenvalue weighted by atomic mass is 16.7. The van der Waals surface area contributed by atoms with E-state index >= 15 is 0 Å². The minimum Gasteiger partial charge on any atom is -0.285 e. The molecule has 0 amide bonds. The number of nitriles is 1. The van der Waals surface area contributed by atoms with Crippen molar-refractivity contribution < 1.29 is 4.84 Å². The van der Waals surface area contributed by atoms with E-state index in [0.717, 1.165) is 6.54 Å². The van der Waals surface area contributed by atoms with E-state index in [1.807, 2.05) is 0 Å². The summed E-state index contributed by atoms with van der Waals surface area (Å²) in [6.45, 7) is 2.88. The molecule has 1 heterocycles. The van der Waals surface area contributed by atoms with Crippen molar-refractivity contribution in [1.82, 2.24) is 5.06 Å². The molecule has 0 aliphatic carbocycles. The van der Waals surface area contributed by atoms with Gasteiger partial charge in [0.1, 0.15) is 12.6 Å². The lowest BCUT2D eigenvalue weighted by Gasteiger charge is -1.94. The summed E-state index contributed by atoms with van der Waals surface area (Å²) < 4.78 is 0. The van der Waals surface area contributed by atoms with Crippen LogP contribution < -0.4 is 0 Å². The third-order valence-corrected chi connectivity index (χ3v) is 1.20. The molecule has 2 unspecified atom stereocenters. The van der Waals surface area contributed by atoms with E-state index in [2.05, 4.69) is 17.9 Å². The largest absolute Gasteiger partial charge is 0.285 e. The van der Waals surface area contributed by atoms with Crippen molar-refractivity contribution in [2.24, 2.45) is 0 Å². The van der Waals surface area contributed by atoms with E-state index in [4.69, 9.17) is 10.1 Å². The second kappa shape index (κ2) is 3.22. The average molecular weight is 136 g/mol. The molecule has 52 valence electrons. The lowest BCUT2D eigenvalue weighted by atomic mass is 10.6. The molecular formula is C7H8N2O. The first-order valence-electron chi connectivity index (χ1n) is 3.07. The normalized spacial score (nSPS) is 28.0. The van der Waals surface area contributed by atoms with Crippen LogP contribution in [-0.2, 0) is 4.84 Å². The zero-order valence-electron chi connectivity index (χ0n) is 5.79. The van der Waals surface area contributed by atoms with Crippen LogP contribution in [0.25, 0.3) is 0 Å². The maximum atomic E-state index is 8.33. The Morgan fingerprint density at radius 2 is 2.60 bits per heavy atom. The van der Waals surface area contributed by atoms with Crippen LogP contribution in [0.15, 0.2) is 0 Å². The van der Waals surface area contributed by atoms with Crippen LogP contribution in [0.3, 0.4) is 0 Å². The van der Waals surface area contributed by atoms with Crippen LogP contribution in [0, 0.1) is 23.2 Å². The summed E-state index contributed by atoms with van der Waals surface area (Å²) in [5.41, 5.74) is 0. The zero-order valence-corrected chi connectivity index (χ0v) is 5.79. The van der Waals surface area contributed by atoms with Crippen molar-refractivity contribution in [1.29, 1.82) is 5.26 Å². The molecule has 1 aliphatic rings. The van der Waals surface area contributed by atoms with Crippen LogP contribution in [0.2, 0.25) is 0 Å². The first-order valence-corrected chi connectivity index (χ1v) is 3.07. The van der Waals surface area contributed by atoms with Gasteiger partial charge in [-0.1, -0.05) is 5.92 Å². The maximum Gasteiger partial charge on any atom is 0.137 e. The fraction of sp³-hybridized carbons (Fsp3) is 0.571. The van der Waals surface area contributed by atoms with Gasteiger partial charge in [0.25, 0.3) is 0 Å². The Morgan fingerprint density at radius 1 is 1.80 bits per heavy atom. The van der Waals surface area contributed by atoms with Gasteiger partial charge in [0.05, 0.1) is 12.6 Å². The van der Waals surface area contributed by atoms with Gasteiger partial charge in [-0.3, -0.25) is 4.84 Å². The molecule has 0 aromatic rings. The van der Waals surface area contributed by atoms with Gasteiger partial charge in [-0.15, -0.1) is 5.92 Å². The number of nitrogens with zero attached hydrogens (tertiary/aromatic N) is 2. The van der Waals surface area contributed by atoms with Gasteiger partial charge in [0, 0.05) is 0 Å². The summed E-state index contributed by atoms with van der Waals surface area (Å²) >= 11 is 0. The molecule has 2 atom stereocenters. The molecule has 3 nitrogen and oxygen atoms in total. The highest BCUT2D eigenvalue weighted by Crippen LogP contribution is 2.15. The van der Waals surface area contributed by atoms with E-state index in [0.29, 0.717) is 6.61 Å². The number of hydrogen-bond donors (Lipinski definition) is 0. The van der Waals surface area contributed by atoms with Crippen LogP contribution in [0.1, 0.15) is 6.92 Å². The number of hydrogen-bond acceptors (Lipinski definition) is 3. The van der Waals surface area contributed by atoms with Crippen molar-refractivity contribution in [2.75, 3.05) is 13.2 Å². The first-order chi connectivity index (χ1) is 4.88. The average Bonchev–Trinajstić information content (AvgIpc) is 2.68. The van der Waals surface area contributed by atoms with Gasteiger partial charge in [-0.25, -0.2) is 0 Å². The van der Waals surface area contributed by atoms with Crippen molar-refractivity contribution in [3.63, 3.8) is 0 Å². The number of hydroxylamine groups is 2. The third-order valence-electron chi connectivity index (χ3n) is 1.20. The highest BCUT2D eigenvalue weighted by Gasteiger charge is 2.35. The van der Waals surface area contributed by atoms with Crippen molar-refractivity contribution in [3.05, 3.63) is 0 Å². The van der Waals surface area contributed by atoms with Gasteiger partial charge >= 0.3 is 0 Å². The topological polar surface area (TPSA) is 36.0 Å². The Balaban J connectivity index is 2.06. The van der Waals surface area contributed by atoms with E-state index < -0.39 is 0 Å². The van der Waals surface area contributed by atoms with Crippen molar-refractivity contribution >= 4 is 0 Å². The van der Waals surface area contributed by atoms with E-state index in [-0.39, 0.29) is 6.04 Å². The van der Waals surface area contributed by atoms with Gasteiger partial charge in [0.2, 0.25) is 0 Å². The Bertz CT molecular complexity index is 208. The quantitative estimate of drug-likeness (QED) is 0.400. The van der Waals surface area contributed by atoms with E-state index in [1.54, 1.807) is 12.0 Å². The number of rotatable bonds is 2. The Labute approximate surface area is 60.1 Å². The second-order valence-corrected chi connectivity index (χ2v) is 1.94. The molecule has 0 spiro atoms. The minimum absolute atomic E-state index is 0.0290. The zero-order chi connectivity index (χ0) is 7.40. The predicted octanol–water partition coefficient (Wildman–Crippen LogP) is 0.149. The van der Waals surface area contributed by atoms with Gasteiger partial charge in [0.15, 0.2) is 0 Å². The summed E-state index contributed by atoms with van der Waals surface area (Å²) in [5.74, 6) is 5.44. The fourth-order valence-electron chi connectivity index (χ4n) is 0.559. The Morgan fingerprint density at radius 3 is 3.10 bits per heavy atom. The molecule has 0 aromatic carbocycles. The lowest BCUT2D eigenvalue weighted by Crippen LogP contribution is -2.02. The molecule has 0 saturated carbocycles. The predicted molar refractivity (Wildman–Crippen MR) is 35.5 cm³/mol. The summed E-state index contributed by atoms with van der Waals surface area (Å²) in [6, 6.07) is 2.04. The van der Waals surface area contributed by atoms with Crippen LogP contribution in [0.4, 0.5) is 0 Å². The molecule has 0 aromatic heterocycles. The standard InChI is InChI=1S/C7H8N2O/c1-2-3-4-10-9-6-7(9)5-8/h7H,4,6H2,1H3. The summed E-state index contributed by atoms with van der Waals surface area (Å²) in [4.78, 5) is 5.03. The SMILES string of the molecule is CC#CCON1CC1C#N. The molecule has 1 aliphatic heterocycles. The Kier molecular flexibility index (Phi) is 2.28. The van der Waals surface area contributed by atoms with E-state index in [1.165, 1.54) is 0 Å². The summed E-state index contributed by atoms with van der Waals surface area (Å²) in [5, 5.41) is 9.94. The van der Waals surface area contributed by atoms with Crippen LogP contribution >= 0.6 is 0 Å². The van der Waals surface area contributed by atoms with Crippen molar-refractivity contribution in [3.8, 4) is 17.9 Å². The highest BCUT2D eigenvalue weighted by molar-refractivity contribution is 5.02. The monoisotopic (exact) mass is 136 g/mol. The molecule has 3 heteroatoms. The van der Waals surface area contributed by atoms with Gasteiger partial charge in [-0.2, -0.15) is 10.3 Å². The molecule has 1 fully saturated rings. The summed E-state index contributed by atoms with van der Waals surface area (Å²) in [7, 11) is 0. The summed E-state index contributed by atoms with van der Waals surface area (Å²) in [6.07, 6.45) is 0. The van der Waals surface area contributed by atoms with Crippen molar-refractivity contribution in [2.45, 2.75) is 13.0 Å². The molecule has 10 heavy (non-hydrogen) atoms.